The first kappa shape index (κ1) is 28.8. The zero-order valence-electron chi connectivity index (χ0n) is 20.0. The molecule has 9 nitrogen and oxygen atoms in total. The van der Waals surface area contributed by atoms with Crippen molar-refractivity contribution in [3.8, 4) is 11.3 Å². The third-order valence-corrected chi connectivity index (χ3v) is 5.81. The standard InChI is InChI=1S/C22H20Cl2N6O.C2HF3O2/c1-13-17(9-25)20(16-6-5-15(23)8-18(16)24)30-12-19(28-22(30)27-13)21(31)29(2)11-14-4-3-7-26-10-14;3-2(4,5)1(6)7/h3-8,10,12H,9,11,25H2,1-2H3;(H,6,7). The van der Waals surface area contributed by atoms with E-state index >= 15 is 0 Å². The summed E-state index contributed by atoms with van der Waals surface area (Å²) >= 11 is 12.6. The van der Waals surface area contributed by atoms with E-state index in [1.54, 1.807) is 47.1 Å². The number of aliphatic carboxylic acids is 1. The number of pyridine rings is 1. The summed E-state index contributed by atoms with van der Waals surface area (Å²) in [5, 5.41) is 8.13. The predicted octanol–water partition coefficient (Wildman–Crippen LogP) is 4.77. The van der Waals surface area contributed by atoms with Crippen molar-refractivity contribution in [2.45, 2.75) is 26.2 Å². The van der Waals surface area contributed by atoms with E-state index in [0.717, 1.165) is 28.1 Å². The van der Waals surface area contributed by atoms with Gasteiger partial charge in [0, 0.05) is 60.6 Å². The van der Waals surface area contributed by atoms with Crippen molar-refractivity contribution in [3.05, 3.63) is 81.5 Å². The summed E-state index contributed by atoms with van der Waals surface area (Å²) in [5.74, 6) is -2.59. The lowest BCUT2D eigenvalue weighted by Crippen LogP contribution is -2.26. The average Bonchev–Trinajstić information content (AvgIpc) is 3.27. The van der Waals surface area contributed by atoms with E-state index in [1.807, 2.05) is 25.1 Å². The quantitative estimate of drug-likeness (QED) is 0.355. The number of hydrogen-bond donors (Lipinski definition) is 2. The highest BCUT2D eigenvalue weighted by Gasteiger charge is 2.38. The van der Waals surface area contributed by atoms with Gasteiger partial charge in [-0.1, -0.05) is 29.3 Å². The topological polar surface area (TPSA) is 127 Å². The van der Waals surface area contributed by atoms with Crippen molar-refractivity contribution in [3.63, 3.8) is 0 Å². The van der Waals surface area contributed by atoms with Gasteiger partial charge in [0.1, 0.15) is 5.69 Å². The Morgan fingerprint density at radius 3 is 2.42 bits per heavy atom. The first-order valence-corrected chi connectivity index (χ1v) is 11.6. The second-order valence-electron chi connectivity index (χ2n) is 7.97. The van der Waals surface area contributed by atoms with Crippen LogP contribution in [0.15, 0.2) is 48.9 Å². The minimum Gasteiger partial charge on any atom is -0.475 e. The number of carbonyl (C=O) groups excluding carboxylic acids is 1. The van der Waals surface area contributed by atoms with Crippen LogP contribution >= 0.6 is 23.2 Å². The zero-order chi connectivity index (χ0) is 28.2. The molecule has 38 heavy (non-hydrogen) atoms. The molecular formula is C24H21Cl2F3N6O3. The molecular weight excluding hydrogens is 548 g/mol. The van der Waals surface area contributed by atoms with Gasteiger partial charge in [0.25, 0.3) is 5.91 Å². The van der Waals surface area contributed by atoms with Crippen LogP contribution in [0.4, 0.5) is 13.2 Å². The molecule has 3 heterocycles. The number of imidazole rings is 1. The number of nitrogens with zero attached hydrogens (tertiary/aromatic N) is 5. The van der Waals surface area contributed by atoms with Gasteiger partial charge in [0.2, 0.25) is 5.78 Å². The lowest BCUT2D eigenvalue weighted by atomic mass is 10.0. The number of aromatic nitrogens is 4. The molecule has 0 aliphatic carbocycles. The molecule has 3 N–H and O–H groups in total. The Kier molecular flexibility index (Phi) is 8.92. The Morgan fingerprint density at radius 1 is 1.18 bits per heavy atom. The third kappa shape index (κ3) is 6.57. The maximum Gasteiger partial charge on any atom is 0.490 e. The molecule has 0 saturated heterocycles. The lowest BCUT2D eigenvalue weighted by molar-refractivity contribution is -0.192. The Bertz CT molecular complexity index is 1480. The largest absolute Gasteiger partial charge is 0.490 e. The number of carboxylic acid groups (broad SMARTS) is 1. The Hall–Kier alpha value is -3.74. The van der Waals surface area contributed by atoms with Crippen molar-refractivity contribution in [1.82, 2.24) is 24.3 Å². The van der Waals surface area contributed by atoms with Crippen LogP contribution in [0.2, 0.25) is 10.0 Å². The Labute approximate surface area is 224 Å². The fraction of sp³-hybridized carbons (Fsp3) is 0.208. The smallest absolute Gasteiger partial charge is 0.475 e. The second-order valence-corrected chi connectivity index (χ2v) is 8.82. The first-order chi connectivity index (χ1) is 17.8. The number of carbonyl (C=O) groups is 2. The highest BCUT2D eigenvalue weighted by atomic mass is 35.5. The van der Waals surface area contributed by atoms with Crippen LogP contribution in [0.3, 0.4) is 0 Å². The molecule has 0 aliphatic heterocycles. The molecule has 4 rings (SSSR count). The van der Waals surface area contributed by atoms with Gasteiger partial charge >= 0.3 is 12.1 Å². The predicted molar refractivity (Wildman–Crippen MR) is 135 cm³/mol. The fourth-order valence-electron chi connectivity index (χ4n) is 3.50. The number of nitrogens with two attached hydrogens (primary N) is 1. The maximum atomic E-state index is 13.1. The summed E-state index contributed by atoms with van der Waals surface area (Å²) in [6, 6.07) is 9.01. The SMILES string of the molecule is Cc1nc2nc(C(=O)N(C)Cc3cccnc3)cn2c(-c2ccc(Cl)cc2Cl)c1CN.O=C(O)C(F)(F)F. The van der Waals surface area contributed by atoms with E-state index < -0.39 is 12.1 Å². The number of hydrogen-bond acceptors (Lipinski definition) is 6. The summed E-state index contributed by atoms with van der Waals surface area (Å²) in [4.78, 5) is 36.7. The average molecular weight is 569 g/mol. The molecule has 0 radical (unpaired) electrons. The summed E-state index contributed by atoms with van der Waals surface area (Å²) in [5.41, 5.74) is 10.3. The first-order valence-electron chi connectivity index (χ1n) is 10.8. The fourth-order valence-corrected chi connectivity index (χ4v) is 4.00. The number of rotatable bonds is 5. The molecule has 0 bridgehead atoms. The van der Waals surface area contributed by atoms with Crippen molar-refractivity contribution in [1.29, 1.82) is 0 Å². The molecule has 1 amide bonds. The molecule has 0 aliphatic rings. The molecule has 14 heteroatoms. The molecule has 0 unspecified atom stereocenters. The van der Waals surface area contributed by atoms with Crippen LogP contribution < -0.4 is 5.73 Å². The van der Waals surface area contributed by atoms with Gasteiger partial charge in [-0.3, -0.25) is 14.2 Å². The van der Waals surface area contributed by atoms with Crippen LogP contribution in [-0.4, -0.2) is 54.5 Å². The van der Waals surface area contributed by atoms with Gasteiger partial charge in [-0.15, -0.1) is 0 Å². The van der Waals surface area contributed by atoms with Crippen molar-refractivity contribution in [2.24, 2.45) is 5.73 Å². The number of alkyl halides is 3. The van der Waals surface area contributed by atoms with Crippen molar-refractivity contribution >= 4 is 40.9 Å². The second kappa shape index (κ2) is 11.8. The minimum absolute atomic E-state index is 0.227. The van der Waals surface area contributed by atoms with Crippen LogP contribution in [0.25, 0.3) is 17.0 Å². The zero-order valence-corrected chi connectivity index (χ0v) is 21.5. The van der Waals surface area contributed by atoms with Crippen LogP contribution in [-0.2, 0) is 17.9 Å². The highest BCUT2D eigenvalue weighted by molar-refractivity contribution is 6.36. The Morgan fingerprint density at radius 2 is 1.87 bits per heavy atom. The van der Waals surface area contributed by atoms with Gasteiger partial charge in [-0.25, -0.2) is 14.8 Å². The summed E-state index contributed by atoms with van der Waals surface area (Å²) in [6.07, 6.45) is 0.00962. The highest BCUT2D eigenvalue weighted by Crippen LogP contribution is 2.34. The molecule has 3 aromatic heterocycles. The number of aryl methyl sites for hydroxylation is 1. The maximum absolute atomic E-state index is 13.1. The number of halogens is 5. The number of carboxylic acids is 1. The lowest BCUT2D eigenvalue weighted by Gasteiger charge is -2.15. The van der Waals surface area contributed by atoms with E-state index in [0.29, 0.717) is 22.4 Å². The molecule has 0 saturated carbocycles. The third-order valence-electron chi connectivity index (χ3n) is 5.26. The minimum atomic E-state index is -5.08. The van der Waals surface area contributed by atoms with Crippen molar-refractivity contribution < 1.29 is 27.9 Å². The van der Waals surface area contributed by atoms with E-state index in [1.165, 1.54) is 0 Å². The van der Waals surface area contributed by atoms with Gasteiger partial charge in [0.15, 0.2) is 0 Å². The van der Waals surface area contributed by atoms with Crippen LogP contribution in [0.1, 0.15) is 27.3 Å². The van der Waals surface area contributed by atoms with Gasteiger partial charge in [-0.2, -0.15) is 13.2 Å². The van der Waals surface area contributed by atoms with E-state index in [9.17, 15) is 18.0 Å². The number of amides is 1. The molecule has 0 fully saturated rings. The Balaban J connectivity index is 0.000000505. The van der Waals surface area contributed by atoms with E-state index in [2.05, 4.69) is 15.0 Å². The molecule has 4 aromatic rings. The molecule has 0 spiro atoms. The van der Waals surface area contributed by atoms with Gasteiger partial charge in [0.05, 0.1) is 10.7 Å². The van der Waals surface area contributed by atoms with Crippen molar-refractivity contribution in [2.75, 3.05) is 7.05 Å². The summed E-state index contributed by atoms with van der Waals surface area (Å²) in [6.45, 7) is 2.53. The monoisotopic (exact) mass is 568 g/mol. The number of benzene rings is 1. The normalized spacial score (nSPS) is 11.2. The van der Waals surface area contributed by atoms with Crippen LogP contribution in [0.5, 0.6) is 0 Å². The molecule has 1 aromatic carbocycles. The van der Waals surface area contributed by atoms with E-state index in [4.69, 9.17) is 38.8 Å². The summed E-state index contributed by atoms with van der Waals surface area (Å²) in [7, 11) is 1.72. The molecule has 0 atom stereocenters. The van der Waals surface area contributed by atoms with E-state index in [-0.39, 0.29) is 18.1 Å². The molecule has 200 valence electrons. The summed E-state index contributed by atoms with van der Waals surface area (Å²) < 4.78 is 33.5. The van der Waals surface area contributed by atoms with Gasteiger partial charge in [-0.05, 0) is 36.8 Å². The number of fused-ring (bicyclic) bond motifs is 1. The van der Waals surface area contributed by atoms with Crippen LogP contribution in [0, 0.1) is 6.92 Å². The van der Waals surface area contributed by atoms with Gasteiger partial charge < -0.3 is 15.7 Å².